The molecule has 9 atom stereocenters. The molecule has 0 saturated carbocycles. The second kappa shape index (κ2) is 29.9. The number of carbonyl (C=O) groups is 9. The van der Waals surface area contributed by atoms with E-state index in [1.807, 2.05) is 0 Å². The zero-order chi connectivity index (χ0) is 54.6. The molecule has 3 aromatic rings. The molecule has 1 aromatic heterocycles. The summed E-state index contributed by atoms with van der Waals surface area (Å²) in [4.78, 5) is 134. The van der Waals surface area contributed by atoms with E-state index in [2.05, 4.69) is 46.9 Å². The van der Waals surface area contributed by atoms with Gasteiger partial charge in [-0.15, -0.1) is 0 Å². The van der Waals surface area contributed by atoms with Gasteiger partial charge in [0.1, 0.15) is 48.0 Å². The molecule has 26 heteroatoms. The molecular weight excluding hydrogens is 992 g/mol. The highest BCUT2D eigenvalue weighted by Crippen LogP contribution is 2.21. The van der Waals surface area contributed by atoms with Gasteiger partial charge in [-0.2, -0.15) is 9.90 Å². The lowest BCUT2D eigenvalue weighted by Crippen LogP contribution is -2.62. The number of hydrogen-bond donors (Lipinski definition) is 13. The van der Waals surface area contributed by atoms with Crippen molar-refractivity contribution in [1.82, 2.24) is 46.8 Å². The number of phenolic OH excluding ortho intramolecular Hbond substituents is 1. The molecule has 17 N–H and O–H groups in total. The van der Waals surface area contributed by atoms with Gasteiger partial charge in [0.25, 0.3) is 0 Å². The fraction of sp³-hybridized carbons (Fsp3) is 0.490. The van der Waals surface area contributed by atoms with Crippen molar-refractivity contribution in [1.29, 1.82) is 0 Å². The number of primary amides is 1. The Labute approximate surface area is 437 Å². The lowest BCUT2D eigenvalue weighted by molar-refractivity contribution is -0.145. The zero-order valence-corrected chi connectivity index (χ0v) is 44.0. The fourth-order valence-electron chi connectivity index (χ4n) is 8.18. The van der Waals surface area contributed by atoms with Crippen LogP contribution < -0.4 is 54.8 Å². The van der Waals surface area contributed by atoms with Crippen LogP contribution in [0.5, 0.6) is 5.75 Å². The highest BCUT2D eigenvalue weighted by Gasteiger charge is 2.41. The minimum absolute atomic E-state index is 0. The smallest absolute Gasteiger partial charge is 0.326 e. The van der Waals surface area contributed by atoms with E-state index >= 15 is 0 Å². The SMILES string of the molecule is CC(C)[C@H](NC(=O)[C@H](CCCN=C(N)N)NC(=O)[C@@H](N)CC(N)=O)C(=O)N[C@@H](Cc1ccc(O)cc1)C(=O)N[C@H](C(=O)N[C@@H](Cc1cnc[nH]1)C(=O)N1CCC[C@H]1C(=O)N[C@@H](Cc1ccccc1)C(=O)O)C(C)C.P. The van der Waals surface area contributed by atoms with Crippen LogP contribution in [-0.2, 0) is 62.4 Å². The van der Waals surface area contributed by atoms with Gasteiger partial charge in [0.2, 0.25) is 47.3 Å². The zero-order valence-electron chi connectivity index (χ0n) is 42.6. The Morgan fingerprint density at radius 3 is 1.83 bits per heavy atom. The number of aromatic hydroxyl groups is 1. The number of carbonyl (C=O) groups excluding carboxylic acids is 8. The summed E-state index contributed by atoms with van der Waals surface area (Å²) >= 11 is 0. The van der Waals surface area contributed by atoms with Crippen LogP contribution in [0.3, 0.4) is 0 Å². The number of amides is 8. The first kappa shape index (κ1) is 61.6. The molecule has 410 valence electrons. The molecule has 4 rings (SSSR count). The van der Waals surface area contributed by atoms with Crippen LogP contribution in [0.4, 0.5) is 0 Å². The first-order valence-electron chi connectivity index (χ1n) is 24.3. The number of likely N-dealkylation sites (tertiary alicyclic amines) is 1. The van der Waals surface area contributed by atoms with Gasteiger partial charge in [-0.3, -0.25) is 43.3 Å². The van der Waals surface area contributed by atoms with Crippen molar-refractivity contribution in [2.24, 2.45) is 39.8 Å². The van der Waals surface area contributed by atoms with Crippen molar-refractivity contribution < 1.29 is 53.4 Å². The summed E-state index contributed by atoms with van der Waals surface area (Å²) in [7, 11) is 0. The van der Waals surface area contributed by atoms with Gasteiger partial charge in [0.05, 0.1) is 18.8 Å². The van der Waals surface area contributed by atoms with Crippen LogP contribution in [0.2, 0.25) is 0 Å². The molecule has 75 heavy (non-hydrogen) atoms. The molecule has 0 aliphatic carbocycles. The maximum atomic E-state index is 14.5. The lowest BCUT2D eigenvalue weighted by atomic mass is 9.98. The van der Waals surface area contributed by atoms with E-state index in [1.54, 1.807) is 58.0 Å². The average Bonchev–Trinajstić information content (AvgIpc) is 4.06. The monoisotopic (exact) mass is 1060 g/mol. The van der Waals surface area contributed by atoms with Crippen LogP contribution in [-0.4, -0.2) is 146 Å². The van der Waals surface area contributed by atoms with Gasteiger partial charge in [0, 0.05) is 44.2 Å². The summed E-state index contributed by atoms with van der Waals surface area (Å²) in [5.74, 6) is -9.04. The van der Waals surface area contributed by atoms with E-state index in [0.717, 1.165) is 0 Å². The number of nitrogens with one attached hydrogen (secondary N) is 7. The summed E-state index contributed by atoms with van der Waals surface area (Å²) in [6.07, 6.45) is 2.86. The van der Waals surface area contributed by atoms with Crippen molar-refractivity contribution in [3.63, 3.8) is 0 Å². The number of benzene rings is 2. The topological polar surface area (TPSA) is 415 Å². The Kier molecular flexibility index (Phi) is 24.6. The first-order chi connectivity index (χ1) is 35.0. The van der Waals surface area contributed by atoms with E-state index < -0.39 is 120 Å². The number of aromatic nitrogens is 2. The predicted molar refractivity (Wildman–Crippen MR) is 281 cm³/mol. The lowest BCUT2D eigenvalue weighted by Gasteiger charge is -2.31. The molecule has 8 amide bonds. The Morgan fingerprint density at radius 2 is 1.28 bits per heavy atom. The Balaban J connectivity index is 0.0000148. The van der Waals surface area contributed by atoms with Gasteiger partial charge >= 0.3 is 5.97 Å². The molecule has 0 spiro atoms. The Hall–Kier alpha value is -7.66. The van der Waals surface area contributed by atoms with Gasteiger partial charge in [-0.1, -0.05) is 70.2 Å². The summed E-state index contributed by atoms with van der Waals surface area (Å²) < 4.78 is 0. The number of nitrogens with zero attached hydrogens (tertiary/aromatic N) is 3. The average molecular weight is 1070 g/mol. The highest BCUT2D eigenvalue weighted by atomic mass is 31.0. The molecule has 1 aliphatic rings. The van der Waals surface area contributed by atoms with Crippen LogP contribution in [0.25, 0.3) is 0 Å². The van der Waals surface area contributed by atoms with Crippen molar-refractivity contribution in [2.45, 2.75) is 127 Å². The number of nitrogens with two attached hydrogens (primary N) is 4. The molecular formula is C49H73N14O11P. The molecule has 2 heterocycles. The number of carboxylic acids is 1. The standard InChI is InChI=1S/C49H70N14O11.H3P/c1-26(2)39(61-42(67)33(12-8-18-55-49(52)53)57-41(66)32(50)23-38(51)65)45(70)58-34(20-29-14-16-31(64)17-15-29)43(68)62-40(27(3)4)46(71)59-35(22-30-24-54-25-56-30)47(72)63-19-9-13-37(63)44(69)60-36(48(73)74)21-28-10-6-5-7-11-28;/h5-7,10-11,14-17,24-27,32-37,39-40,64H,8-9,12-13,18-23,50H2,1-4H3,(H2,51,65)(H,54,56)(H,57,66)(H,58,70)(H,59,71)(H,60,69)(H,61,67)(H,62,68)(H,73,74)(H4,52,53,55);1H3/t32-,33-,34-,35-,36-,37-,39-,40-;/m0./s1. The quantitative estimate of drug-likeness (QED) is 0.0158. The number of rotatable bonds is 28. The third-order valence-corrected chi connectivity index (χ3v) is 12.2. The molecule has 25 nitrogen and oxygen atoms in total. The van der Waals surface area contributed by atoms with Crippen molar-refractivity contribution in [2.75, 3.05) is 13.1 Å². The van der Waals surface area contributed by atoms with Crippen molar-refractivity contribution in [3.8, 4) is 5.75 Å². The van der Waals surface area contributed by atoms with Gasteiger partial charge < -0.3 is 74.9 Å². The largest absolute Gasteiger partial charge is 0.508 e. The van der Waals surface area contributed by atoms with E-state index in [4.69, 9.17) is 22.9 Å². The second-order valence-electron chi connectivity index (χ2n) is 18.8. The fourth-order valence-corrected chi connectivity index (χ4v) is 8.18. The number of guanidine groups is 1. The van der Waals surface area contributed by atoms with Crippen molar-refractivity contribution in [3.05, 3.63) is 83.9 Å². The number of aliphatic imine (C=N–C) groups is 1. The summed E-state index contributed by atoms with van der Waals surface area (Å²) in [6.45, 7) is 6.77. The van der Waals surface area contributed by atoms with Gasteiger partial charge in [-0.05, 0) is 60.8 Å². The van der Waals surface area contributed by atoms with Gasteiger partial charge in [-0.25, -0.2) is 9.78 Å². The van der Waals surface area contributed by atoms with Crippen LogP contribution in [0, 0.1) is 11.8 Å². The predicted octanol–water partition coefficient (Wildman–Crippen LogP) is -2.25. The molecule has 1 fully saturated rings. The minimum Gasteiger partial charge on any atom is -0.508 e. The van der Waals surface area contributed by atoms with Crippen LogP contribution >= 0.6 is 9.90 Å². The minimum atomic E-state index is -1.41. The van der Waals surface area contributed by atoms with Crippen molar-refractivity contribution >= 4 is 69.1 Å². The summed E-state index contributed by atoms with van der Waals surface area (Å²) in [6, 6.07) is 4.17. The van der Waals surface area contributed by atoms with Crippen LogP contribution in [0.1, 0.15) is 76.6 Å². The number of phenols is 1. The number of imidazole rings is 1. The van der Waals surface area contributed by atoms with E-state index in [1.165, 1.54) is 41.7 Å². The van der Waals surface area contributed by atoms with E-state index in [-0.39, 0.29) is 73.2 Å². The number of hydrogen-bond acceptors (Lipinski definition) is 13. The Bertz CT molecular complexity index is 2440. The molecule has 0 radical (unpaired) electrons. The third-order valence-electron chi connectivity index (χ3n) is 12.2. The maximum Gasteiger partial charge on any atom is 0.326 e. The second-order valence-corrected chi connectivity index (χ2v) is 18.8. The van der Waals surface area contributed by atoms with Gasteiger partial charge in [0.15, 0.2) is 5.96 Å². The highest BCUT2D eigenvalue weighted by molar-refractivity contribution is 6.92. The number of aromatic amines is 1. The summed E-state index contributed by atoms with van der Waals surface area (Å²) in [5.41, 5.74) is 23.5. The molecule has 2 aromatic carbocycles. The Morgan fingerprint density at radius 1 is 0.720 bits per heavy atom. The maximum absolute atomic E-state index is 14.5. The molecule has 1 saturated heterocycles. The van der Waals surface area contributed by atoms with E-state index in [9.17, 15) is 53.4 Å². The molecule has 0 bridgehead atoms. The number of aliphatic carboxylic acids is 1. The van der Waals surface area contributed by atoms with E-state index in [0.29, 0.717) is 23.2 Å². The first-order valence-corrected chi connectivity index (χ1v) is 24.3. The number of H-pyrrole nitrogens is 1. The molecule has 1 aliphatic heterocycles. The third kappa shape index (κ3) is 19.6. The summed E-state index contributed by atoms with van der Waals surface area (Å²) in [5, 5.41) is 35.9. The van der Waals surface area contributed by atoms with Crippen LogP contribution in [0.15, 0.2) is 72.1 Å². The normalized spacial score (nSPS) is 15.8. The number of carboxylic acid groups (broad SMARTS) is 1. The molecule has 1 unspecified atom stereocenters.